The smallest absolute Gasteiger partial charge is 0.244 e. The summed E-state index contributed by atoms with van der Waals surface area (Å²) in [6, 6.07) is 3.79. The number of rotatable bonds is 2. The zero-order valence-electron chi connectivity index (χ0n) is 9.71. The first-order valence-corrected chi connectivity index (χ1v) is 6.02. The molecule has 0 spiro atoms. The molecule has 0 saturated carbocycles. The van der Waals surface area contributed by atoms with Crippen molar-refractivity contribution in [2.75, 3.05) is 18.5 Å². The summed E-state index contributed by atoms with van der Waals surface area (Å²) in [5, 5.41) is 2.78. The van der Waals surface area contributed by atoms with Crippen molar-refractivity contribution in [1.29, 1.82) is 0 Å². The van der Waals surface area contributed by atoms with E-state index in [1.165, 1.54) is 12.1 Å². The Morgan fingerprint density at radius 2 is 2.11 bits per heavy atom. The van der Waals surface area contributed by atoms with Crippen LogP contribution in [0.2, 0.25) is 5.02 Å². The molecule has 3 N–H and O–H groups in total. The third kappa shape index (κ3) is 2.80. The van der Waals surface area contributed by atoms with Crippen LogP contribution in [-0.2, 0) is 9.53 Å². The lowest BCUT2D eigenvalue weighted by Gasteiger charge is -2.31. The molecule has 0 bridgehead atoms. The normalized spacial score (nSPS) is 18.4. The maximum atomic E-state index is 12.9. The van der Waals surface area contributed by atoms with Crippen LogP contribution < -0.4 is 11.1 Å². The first kappa shape index (κ1) is 13.3. The fourth-order valence-corrected chi connectivity index (χ4v) is 2.01. The lowest BCUT2D eigenvalue weighted by molar-refractivity contribution is -0.124. The molecule has 1 aliphatic heterocycles. The van der Waals surface area contributed by atoms with Crippen LogP contribution in [0, 0.1) is 5.82 Å². The number of hydrogen-bond donors (Lipinski definition) is 2. The minimum atomic E-state index is -0.948. The first-order chi connectivity index (χ1) is 8.51. The van der Waals surface area contributed by atoms with E-state index in [-0.39, 0.29) is 10.9 Å². The van der Waals surface area contributed by atoms with Gasteiger partial charge in [0.15, 0.2) is 0 Å². The first-order valence-electron chi connectivity index (χ1n) is 5.64. The molecule has 98 valence electrons. The van der Waals surface area contributed by atoms with E-state index in [1.807, 2.05) is 0 Å². The Morgan fingerprint density at radius 1 is 1.44 bits per heavy atom. The second-order valence-electron chi connectivity index (χ2n) is 4.35. The number of anilines is 1. The Bertz CT molecular complexity index is 461. The van der Waals surface area contributed by atoms with Gasteiger partial charge in [-0.3, -0.25) is 4.79 Å². The molecule has 0 unspecified atom stereocenters. The molecule has 1 saturated heterocycles. The number of ether oxygens (including phenoxy) is 1. The molecule has 6 heteroatoms. The van der Waals surface area contributed by atoms with E-state index < -0.39 is 11.4 Å². The molecule has 1 amide bonds. The van der Waals surface area contributed by atoms with E-state index in [1.54, 1.807) is 0 Å². The molecule has 1 fully saturated rings. The summed E-state index contributed by atoms with van der Waals surface area (Å²) in [4.78, 5) is 12.1. The summed E-state index contributed by atoms with van der Waals surface area (Å²) in [5.74, 6) is -0.772. The van der Waals surface area contributed by atoms with Crippen molar-refractivity contribution in [2.24, 2.45) is 5.73 Å². The standard InChI is InChI=1S/C12H14ClFN2O2/c13-9-7-8(14)1-2-10(9)16-11(17)12(15)3-5-18-6-4-12/h1-2,7H,3-6,15H2,(H,16,17). The van der Waals surface area contributed by atoms with Gasteiger partial charge in [-0.05, 0) is 31.0 Å². The summed E-state index contributed by atoms with van der Waals surface area (Å²) < 4.78 is 18.0. The SMILES string of the molecule is NC1(C(=O)Nc2ccc(F)cc2Cl)CCOCC1. The third-order valence-electron chi connectivity index (χ3n) is 3.02. The van der Waals surface area contributed by atoms with Gasteiger partial charge in [-0.2, -0.15) is 0 Å². The number of carbonyl (C=O) groups is 1. The van der Waals surface area contributed by atoms with E-state index >= 15 is 0 Å². The summed E-state index contributed by atoms with van der Waals surface area (Å²) in [6.45, 7) is 0.919. The summed E-state index contributed by atoms with van der Waals surface area (Å²) in [5.41, 5.74) is 5.43. The zero-order chi connectivity index (χ0) is 13.2. The highest BCUT2D eigenvalue weighted by atomic mass is 35.5. The second kappa shape index (κ2) is 5.22. The molecule has 0 radical (unpaired) electrons. The maximum Gasteiger partial charge on any atom is 0.244 e. The van der Waals surface area contributed by atoms with Gasteiger partial charge in [-0.25, -0.2) is 4.39 Å². The number of benzene rings is 1. The number of halogens is 2. The molecule has 0 aromatic heterocycles. The van der Waals surface area contributed by atoms with Crippen molar-refractivity contribution in [3.63, 3.8) is 0 Å². The average molecular weight is 273 g/mol. The van der Waals surface area contributed by atoms with Crippen molar-refractivity contribution in [3.8, 4) is 0 Å². The highest BCUT2D eigenvalue weighted by Crippen LogP contribution is 2.25. The predicted octanol–water partition coefficient (Wildman–Crippen LogP) is 1.93. The second-order valence-corrected chi connectivity index (χ2v) is 4.75. The van der Waals surface area contributed by atoms with E-state index in [4.69, 9.17) is 22.1 Å². The molecule has 1 aromatic rings. The van der Waals surface area contributed by atoms with Crippen molar-refractivity contribution >= 4 is 23.2 Å². The van der Waals surface area contributed by atoms with Crippen LogP contribution in [0.4, 0.5) is 10.1 Å². The van der Waals surface area contributed by atoms with Crippen LogP contribution in [0.3, 0.4) is 0 Å². The number of amides is 1. The van der Waals surface area contributed by atoms with Crippen molar-refractivity contribution in [3.05, 3.63) is 29.0 Å². The number of hydrogen-bond acceptors (Lipinski definition) is 3. The number of carbonyl (C=O) groups excluding carboxylic acids is 1. The van der Waals surface area contributed by atoms with Gasteiger partial charge in [0.2, 0.25) is 5.91 Å². The molecular formula is C12H14ClFN2O2. The van der Waals surface area contributed by atoms with Gasteiger partial charge in [-0.15, -0.1) is 0 Å². The van der Waals surface area contributed by atoms with Crippen molar-refractivity contribution < 1.29 is 13.9 Å². The zero-order valence-corrected chi connectivity index (χ0v) is 10.5. The maximum absolute atomic E-state index is 12.9. The molecule has 0 aliphatic carbocycles. The Kier molecular flexibility index (Phi) is 3.85. The highest BCUT2D eigenvalue weighted by Gasteiger charge is 2.36. The summed E-state index contributed by atoms with van der Waals surface area (Å²) in [7, 11) is 0. The summed E-state index contributed by atoms with van der Waals surface area (Å²) >= 11 is 5.84. The average Bonchev–Trinajstić information content (AvgIpc) is 2.33. The fraction of sp³-hybridized carbons (Fsp3) is 0.417. The third-order valence-corrected chi connectivity index (χ3v) is 3.33. The van der Waals surface area contributed by atoms with Crippen LogP contribution in [0.5, 0.6) is 0 Å². The predicted molar refractivity (Wildman–Crippen MR) is 67.0 cm³/mol. The Balaban J connectivity index is 2.11. The molecule has 18 heavy (non-hydrogen) atoms. The van der Waals surface area contributed by atoms with Gasteiger partial charge in [0.05, 0.1) is 10.7 Å². The molecule has 1 aliphatic rings. The Hall–Kier alpha value is -1.17. The van der Waals surface area contributed by atoms with Gasteiger partial charge >= 0.3 is 0 Å². The minimum absolute atomic E-state index is 0.152. The fourth-order valence-electron chi connectivity index (χ4n) is 1.80. The quantitative estimate of drug-likeness (QED) is 0.865. The molecule has 0 atom stereocenters. The van der Waals surface area contributed by atoms with Gasteiger partial charge in [0, 0.05) is 13.2 Å². The molecule has 4 nitrogen and oxygen atoms in total. The van der Waals surface area contributed by atoms with E-state index in [0.717, 1.165) is 6.07 Å². The van der Waals surface area contributed by atoms with E-state index in [0.29, 0.717) is 31.7 Å². The molecule has 2 rings (SSSR count). The van der Waals surface area contributed by atoms with Crippen LogP contribution in [0.15, 0.2) is 18.2 Å². The van der Waals surface area contributed by atoms with Crippen LogP contribution in [-0.4, -0.2) is 24.7 Å². The van der Waals surface area contributed by atoms with Gasteiger partial charge in [0.25, 0.3) is 0 Å². The van der Waals surface area contributed by atoms with E-state index in [9.17, 15) is 9.18 Å². The van der Waals surface area contributed by atoms with E-state index in [2.05, 4.69) is 5.32 Å². The van der Waals surface area contributed by atoms with Crippen LogP contribution in [0.25, 0.3) is 0 Å². The Morgan fingerprint density at radius 3 is 2.72 bits per heavy atom. The van der Waals surface area contributed by atoms with Gasteiger partial charge in [0.1, 0.15) is 11.4 Å². The van der Waals surface area contributed by atoms with Crippen LogP contribution >= 0.6 is 11.6 Å². The van der Waals surface area contributed by atoms with Gasteiger partial charge < -0.3 is 15.8 Å². The highest BCUT2D eigenvalue weighted by molar-refractivity contribution is 6.33. The van der Waals surface area contributed by atoms with Gasteiger partial charge in [-0.1, -0.05) is 11.6 Å². The monoisotopic (exact) mass is 272 g/mol. The number of nitrogens with one attached hydrogen (secondary N) is 1. The molecular weight excluding hydrogens is 259 g/mol. The lowest BCUT2D eigenvalue weighted by atomic mass is 9.90. The van der Waals surface area contributed by atoms with Crippen LogP contribution in [0.1, 0.15) is 12.8 Å². The minimum Gasteiger partial charge on any atom is -0.381 e. The molecule has 1 heterocycles. The van der Waals surface area contributed by atoms with Crippen molar-refractivity contribution in [1.82, 2.24) is 0 Å². The van der Waals surface area contributed by atoms with Crippen molar-refractivity contribution in [2.45, 2.75) is 18.4 Å². The lowest BCUT2D eigenvalue weighted by Crippen LogP contribution is -2.54. The molecule has 1 aromatic carbocycles. The Labute approximate surface area is 109 Å². The topological polar surface area (TPSA) is 64.4 Å². The summed E-state index contributed by atoms with van der Waals surface area (Å²) in [6.07, 6.45) is 0.912. The largest absolute Gasteiger partial charge is 0.381 e. The number of nitrogens with two attached hydrogens (primary N) is 1.